The maximum absolute atomic E-state index is 12.4. The Morgan fingerprint density at radius 2 is 1.60 bits per heavy atom. The lowest BCUT2D eigenvalue weighted by Crippen LogP contribution is -2.55. The zero-order chi connectivity index (χ0) is 18.0. The van der Waals surface area contributed by atoms with E-state index in [4.69, 9.17) is 0 Å². The van der Waals surface area contributed by atoms with Gasteiger partial charge in [-0.15, -0.1) is 0 Å². The fraction of sp³-hybridized carbons (Fsp3) is 0.526. The second kappa shape index (κ2) is 7.25. The summed E-state index contributed by atoms with van der Waals surface area (Å²) in [5, 5.41) is 0. The normalized spacial score (nSPS) is 18.4. The average Bonchev–Trinajstić information content (AvgIpc) is 3.13. The van der Waals surface area contributed by atoms with Crippen molar-refractivity contribution in [1.29, 1.82) is 0 Å². The molecule has 3 amide bonds. The van der Waals surface area contributed by atoms with Crippen molar-refractivity contribution in [2.75, 3.05) is 26.2 Å². The first kappa shape index (κ1) is 17.5. The fourth-order valence-corrected chi connectivity index (χ4v) is 3.41. The predicted octanol–water partition coefficient (Wildman–Crippen LogP) is 1.50. The third-order valence-corrected chi connectivity index (χ3v) is 4.93. The minimum absolute atomic E-state index is 0.0366. The van der Waals surface area contributed by atoms with Gasteiger partial charge in [0.05, 0.1) is 0 Å². The van der Waals surface area contributed by atoms with Gasteiger partial charge in [0.25, 0.3) is 5.91 Å². The van der Waals surface area contributed by atoms with E-state index in [0.29, 0.717) is 25.2 Å². The lowest BCUT2D eigenvalue weighted by atomic mass is 10.1. The van der Waals surface area contributed by atoms with Crippen molar-refractivity contribution in [3.63, 3.8) is 0 Å². The number of nitrogens with zero attached hydrogens (tertiary/aromatic N) is 3. The van der Waals surface area contributed by atoms with E-state index in [-0.39, 0.29) is 11.9 Å². The smallest absolute Gasteiger partial charge is 0.312 e. The van der Waals surface area contributed by atoms with Crippen LogP contribution in [-0.2, 0) is 16.1 Å². The molecule has 0 saturated carbocycles. The van der Waals surface area contributed by atoms with Crippen LogP contribution in [0, 0.1) is 0 Å². The number of benzene rings is 1. The lowest BCUT2D eigenvalue weighted by Gasteiger charge is -2.36. The Hall–Kier alpha value is -2.37. The summed E-state index contributed by atoms with van der Waals surface area (Å²) in [6, 6.07) is 7.40. The first-order chi connectivity index (χ1) is 12.0. The van der Waals surface area contributed by atoms with Crippen molar-refractivity contribution in [2.24, 2.45) is 0 Å². The highest BCUT2D eigenvalue weighted by Crippen LogP contribution is 2.16. The molecule has 0 N–H and O–H groups in total. The summed E-state index contributed by atoms with van der Waals surface area (Å²) >= 11 is 0. The van der Waals surface area contributed by atoms with Crippen LogP contribution in [0.15, 0.2) is 24.3 Å². The molecule has 0 aromatic heterocycles. The summed E-state index contributed by atoms with van der Waals surface area (Å²) < 4.78 is 0. The first-order valence-corrected chi connectivity index (χ1v) is 8.95. The quantitative estimate of drug-likeness (QED) is 0.779. The van der Waals surface area contributed by atoms with Gasteiger partial charge in [-0.2, -0.15) is 0 Å². The molecule has 134 valence electrons. The van der Waals surface area contributed by atoms with Gasteiger partial charge in [0, 0.05) is 44.3 Å². The Kier molecular flexibility index (Phi) is 5.06. The topological polar surface area (TPSA) is 60.9 Å². The van der Waals surface area contributed by atoms with Crippen LogP contribution in [0.3, 0.4) is 0 Å². The number of hydrogen-bond acceptors (Lipinski definition) is 3. The van der Waals surface area contributed by atoms with Gasteiger partial charge in [0.15, 0.2) is 0 Å². The first-order valence-electron chi connectivity index (χ1n) is 8.95. The highest BCUT2D eigenvalue weighted by Gasteiger charge is 2.33. The zero-order valence-electron chi connectivity index (χ0n) is 14.9. The number of amides is 3. The molecule has 2 saturated heterocycles. The van der Waals surface area contributed by atoms with Crippen LogP contribution < -0.4 is 0 Å². The standard InChI is InChI=1S/C19H25N3O3/c1-14(2)22-12-11-21(18(24)19(22)25)13-15-5-7-16(8-6-15)17(23)20-9-3-4-10-20/h5-8,14H,3-4,9-13H2,1-2H3. The molecule has 3 rings (SSSR count). The molecule has 0 radical (unpaired) electrons. The highest BCUT2D eigenvalue weighted by molar-refractivity contribution is 6.35. The van der Waals surface area contributed by atoms with Gasteiger partial charge in [0.1, 0.15) is 0 Å². The Morgan fingerprint density at radius 3 is 2.20 bits per heavy atom. The number of rotatable bonds is 4. The molecule has 2 fully saturated rings. The molecule has 0 atom stereocenters. The maximum atomic E-state index is 12.4. The van der Waals surface area contributed by atoms with Crippen molar-refractivity contribution in [2.45, 2.75) is 39.3 Å². The van der Waals surface area contributed by atoms with Crippen molar-refractivity contribution in [3.05, 3.63) is 35.4 Å². The second-order valence-corrected chi connectivity index (χ2v) is 7.02. The van der Waals surface area contributed by atoms with E-state index in [9.17, 15) is 14.4 Å². The Bertz CT molecular complexity index is 663. The van der Waals surface area contributed by atoms with E-state index < -0.39 is 11.8 Å². The Labute approximate surface area is 148 Å². The average molecular weight is 343 g/mol. The summed E-state index contributed by atoms with van der Waals surface area (Å²) in [6.45, 7) is 6.99. The van der Waals surface area contributed by atoms with Gasteiger partial charge in [-0.05, 0) is 44.4 Å². The summed E-state index contributed by atoms with van der Waals surface area (Å²) in [7, 11) is 0. The van der Waals surface area contributed by atoms with E-state index in [1.165, 1.54) is 0 Å². The summed E-state index contributed by atoms with van der Waals surface area (Å²) in [4.78, 5) is 41.8. The maximum Gasteiger partial charge on any atom is 0.312 e. The van der Waals surface area contributed by atoms with Crippen LogP contribution in [0.2, 0.25) is 0 Å². The molecule has 1 aromatic carbocycles. The highest BCUT2D eigenvalue weighted by atomic mass is 16.2. The van der Waals surface area contributed by atoms with E-state index in [2.05, 4.69) is 0 Å². The molecule has 0 unspecified atom stereocenters. The van der Waals surface area contributed by atoms with Crippen molar-refractivity contribution in [3.8, 4) is 0 Å². The second-order valence-electron chi connectivity index (χ2n) is 7.02. The molecule has 2 aliphatic rings. The lowest BCUT2D eigenvalue weighted by molar-refractivity contribution is -0.157. The van der Waals surface area contributed by atoms with Gasteiger partial charge in [-0.3, -0.25) is 14.4 Å². The minimum Gasteiger partial charge on any atom is -0.339 e. The minimum atomic E-state index is -0.447. The predicted molar refractivity (Wildman–Crippen MR) is 93.8 cm³/mol. The van der Waals surface area contributed by atoms with Crippen LogP contribution in [0.25, 0.3) is 0 Å². The monoisotopic (exact) mass is 343 g/mol. The zero-order valence-corrected chi connectivity index (χ0v) is 14.9. The third-order valence-electron chi connectivity index (χ3n) is 4.93. The molecule has 25 heavy (non-hydrogen) atoms. The van der Waals surface area contributed by atoms with Gasteiger partial charge in [-0.1, -0.05) is 12.1 Å². The van der Waals surface area contributed by atoms with Crippen LogP contribution in [0.1, 0.15) is 42.6 Å². The molecule has 0 spiro atoms. The van der Waals surface area contributed by atoms with Crippen molar-refractivity contribution >= 4 is 17.7 Å². The summed E-state index contributed by atoms with van der Waals surface area (Å²) in [5.74, 6) is -0.805. The van der Waals surface area contributed by atoms with E-state index in [1.54, 1.807) is 9.80 Å². The SMILES string of the molecule is CC(C)N1CCN(Cc2ccc(C(=O)N3CCCC3)cc2)C(=O)C1=O. The molecule has 6 nitrogen and oxygen atoms in total. The van der Waals surface area contributed by atoms with E-state index in [0.717, 1.165) is 31.5 Å². The molecule has 2 aliphatic heterocycles. The number of piperazine rings is 1. The summed E-state index contributed by atoms with van der Waals surface area (Å²) in [6.07, 6.45) is 2.14. The fourth-order valence-electron chi connectivity index (χ4n) is 3.41. The van der Waals surface area contributed by atoms with Crippen LogP contribution in [-0.4, -0.2) is 64.6 Å². The molecular formula is C19H25N3O3. The van der Waals surface area contributed by atoms with Gasteiger partial charge < -0.3 is 14.7 Å². The van der Waals surface area contributed by atoms with Crippen LogP contribution >= 0.6 is 0 Å². The molecular weight excluding hydrogens is 318 g/mol. The molecule has 2 heterocycles. The van der Waals surface area contributed by atoms with Crippen LogP contribution in [0.5, 0.6) is 0 Å². The number of hydrogen-bond donors (Lipinski definition) is 0. The molecule has 0 aliphatic carbocycles. The largest absolute Gasteiger partial charge is 0.339 e. The third kappa shape index (κ3) is 3.67. The van der Waals surface area contributed by atoms with E-state index >= 15 is 0 Å². The number of carbonyl (C=O) groups is 3. The van der Waals surface area contributed by atoms with Gasteiger partial charge in [0.2, 0.25) is 0 Å². The van der Waals surface area contributed by atoms with Crippen molar-refractivity contribution in [1.82, 2.24) is 14.7 Å². The van der Waals surface area contributed by atoms with Crippen LogP contribution in [0.4, 0.5) is 0 Å². The van der Waals surface area contributed by atoms with Gasteiger partial charge in [-0.25, -0.2) is 0 Å². The molecule has 6 heteroatoms. The molecule has 0 bridgehead atoms. The summed E-state index contributed by atoms with van der Waals surface area (Å²) in [5.41, 5.74) is 1.61. The van der Waals surface area contributed by atoms with Crippen molar-refractivity contribution < 1.29 is 14.4 Å². The Morgan fingerprint density at radius 1 is 0.960 bits per heavy atom. The Balaban J connectivity index is 1.63. The number of likely N-dealkylation sites (tertiary alicyclic amines) is 1. The van der Waals surface area contributed by atoms with Gasteiger partial charge >= 0.3 is 11.8 Å². The van der Waals surface area contributed by atoms with E-state index in [1.807, 2.05) is 43.0 Å². The molecule has 1 aromatic rings. The number of carbonyl (C=O) groups excluding carboxylic acids is 3.